The molecule has 0 bridgehead atoms. The highest BCUT2D eigenvalue weighted by Gasteiger charge is 2.58. The van der Waals surface area contributed by atoms with Gasteiger partial charge in [-0.25, -0.2) is 4.39 Å². The maximum absolute atomic E-state index is 13.5. The molecule has 0 N–H and O–H groups in total. The summed E-state index contributed by atoms with van der Waals surface area (Å²) < 4.78 is 115. The molecule has 0 atom stereocenters. The fourth-order valence-electron chi connectivity index (χ4n) is 2.08. The second kappa shape index (κ2) is 5.71. The number of halogens is 9. The molecule has 24 heavy (non-hydrogen) atoms. The Kier molecular flexibility index (Phi) is 4.32. The van der Waals surface area contributed by atoms with Crippen LogP contribution in [0.25, 0.3) is 11.1 Å². The first-order valence-electron chi connectivity index (χ1n) is 6.27. The third kappa shape index (κ3) is 3.20. The van der Waals surface area contributed by atoms with E-state index in [9.17, 15) is 39.5 Å². The maximum Gasteiger partial charge on any atom is 0.458 e. The third-order valence-corrected chi connectivity index (χ3v) is 3.21. The number of rotatable bonds is 2. The minimum absolute atomic E-state index is 0.344. The zero-order valence-electron chi connectivity index (χ0n) is 11.4. The molecule has 0 radical (unpaired) electrons. The summed E-state index contributed by atoms with van der Waals surface area (Å²) in [5.74, 6) is -6.73. The lowest BCUT2D eigenvalue weighted by Crippen LogP contribution is -2.33. The van der Waals surface area contributed by atoms with Gasteiger partial charge in [-0.05, 0) is 17.2 Å². The molecule has 2 aromatic carbocycles. The smallest absolute Gasteiger partial charge is 0.206 e. The molecular formula is C15H7F9. The number of hydrogen-bond acceptors (Lipinski definition) is 0. The van der Waals surface area contributed by atoms with Crippen LogP contribution in [0.4, 0.5) is 39.5 Å². The molecular weight excluding hydrogens is 351 g/mol. The lowest BCUT2D eigenvalue weighted by Gasteiger charge is -2.20. The second-order valence-electron chi connectivity index (χ2n) is 4.81. The van der Waals surface area contributed by atoms with Crippen molar-refractivity contribution in [1.82, 2.24) is 0 Å². The molecule has 9 heteroatoms. The SMILES string of the molecule is Fc1cccc(-c2ccc(C(F)(F)C(F)(F)F)cc2)c1C(F)(F)F. The van der Waals surface area contributed by atoms with Gasteiger partial charge in [0.2, 0.25) is 0 Å². The second-order valence-corrected chi connectivity index (χ2v) is 4.81. The van der Waals surface area contributed by atoms with Gasteiger partial charge in [-0.15, -0.1) is 0 Å². The van der Waals surface area contributed by atoms with Gasteiger partial charge in [-0.3, -0.25) is 0 Å². The predicted molar refractivity (Wildman–Crippen MR) is 66.8 cm³/mol. The highest BCUT2D eigenvalue weighted by Crippen LogP contribution is 2.45. The van der Waals surface area contributed by atoms with Crippen molar-refractivity contribution in [2.24, 2.45) is 0 Å². The number of alkyl halides is 8. The molecule has 0 unspecified atom stereocenters. The summed E-state index contributed by atoms with van der Waals surface area (Å²) in [5, 5.41) is 0. The molecule has 0 amide bonds. The molecule has 2 aromatic rings. The first kappa shape index (κ1) is 18.2. The predicted octanol–water partition coefficient (Wildman–Crippen LogP) is 6.17. The Balaban J connectivity index is 2.53. The summed E-state index contributed by atoms with van der Waals surface area (Å²) in [6.45, 7) is 0. The molecule has 0 nitrogen and oxygen atoms in total. The molecule has 2 rings (SSSR count). The average Bonchev–Trinajstić information content (AvgIpc) is 2.44. The summed E-state index contributed by atoms with van der Waals surface area (Å²) in [6, 6.07) is 4.44. The zero-order chi connectivity index (χ0) is 18.3. The van der Waals surface area contributed by atoms with E-state index >= 15 is 0 Å². The van der Waals surface area contributed by atoms with Crippen molar-refractivity contribution in [2.45, 2.75) is 18.3 Å². The standard InChI is InChI=1S/C15H7F9/c16-11-3-1-2-10(12(11)14(19,20)21)8-4-6-9(7-5-8)13(17,18)15(22,23)24/h1-7H. The van der Waals surface area contributed by atoms with Gasteiger partial charge in [0, 0.05) is 5.56 Å². The topological polar surface area (TPSA) is 0 Å². The Morgan fingerprint density at radius 3 is 1.67 bits per heavy atom. The molecule has 130 valence electrons. The van der Waals surface area contributed by atoms with E-state index in [4.69, 9.17) is 0 Å². The summed E-state index contributed by atoms with van der Waals surface area (Å²) in [5.41, 5.74) is -4.06. The lowest BCUT2D eigenvalue weighted by molar-refractivity contribution is -0.289. The van der Waals surface area contributed by atoms with Crippen molar-refractivity contribution >= 4 is 0 Å². The van der Waals surface area contributed by atoms with Crippen molar-refractivity contribution < 1.29 is 39.5 Å². The van der Waals surface area contributed by atoms with E-state index in [2.05, 4.69) is 0 Å². The van der Waals surface area contributed by atoms with Gasteiger partial charge in [0.15, 0.2) is 0 Å². The molecule has 0 saturated carbocycles. The fraction of sp³-hybridized carbons (Fsp3) is 0.200. The van der Waals surface area contributed by atoms with Crippen LogP contribution in [0, 0.1) is 5.82 Å². The third-order valence-electron chi connectivity index (χ3n) is 3.21. The Morgan fingerprint density at radius 1 is 0.667 bits per heavy atom. The van der Waals surface area contributed by atoms with Crippen LogP contribution in [0.3, 0.4) is 0 Å². The normalized spacial score (nSPS) is 13.2. The van der Waals surface area contributed by atoms with Crippen LogP contribution >= 0.6 is 0 Å². The molecule has 0 aliphatic heterocycles. The van der Waals surface area contributed by atoms with E-state index < -0.39 is 40.8 Å². The van der Waals surface area contributed by atoms with Crippen LogP contribution in [0.5, 0.6) is 0 Å². The van der Waals surface area contributed by atoms with Crippen molar-refractivity contribution in [1.29, 1.82) is 0 Å². The first-order valence-corrected chi connectivity index (χ1v) is 6.27. The molecule has 0 saturated heterocycles. The summed E-state index contributed by atoms with van der Waals surface area (Å²) in [4.78, 5) is 0. The van der Waals surface area contributed by atoms with Gasteiger partial charge in [-0.2, -0.15) is 35.1 Å². The van der Waals surface area contributed by atoms with Crippen LogP contribution in [0.1, 0.15) is 11.1 Å². The Hall–Kier alpha value is -2.19. The molecule has 0 spiro atoms. The van der Waals surface area contributed by atoms with Gasteiger partial charge >= 0.3 is 18.3 Å². The van der Waals surface area contributed by atoms with Crippen LogP contribution in [0.15, 0.2) is 42.5 Å². The summed E-state index contributed by atoms with van der Waals surface area (Å²) in [6.07, 6.45) is -10.9. The van der Waals surface area contributed by atoms with Gasteiger partial charge in [0.25, 0.3) is 0 Å². The largest absolute Gasteiger partial charge is 0.458 e. The Labute approximate surface area is 129 Å². The van der Waals surface area contributed by atoms with E-state index in [0.29, 0.717) is 30.3 Å². The van der Waals surface area contributed by atoms with E-state index in [0.717, 1.165) is 12.1 Å². The van der Waals surface area contributed by atoms with Crippen molar-refractivity contribution in [3.8, 4) is 11.1 Å². The van der Waals surface area contributed by atoms with Gasteiger partial charge in [0.1, 0.15) is 5.82 Å². The molecule has 0 aromatic heterocycles. The quantitative estimate of drug-likeness (QED) is 0.564. The number of hydrogen-bond donors (Lipinski definition) is 0. The van der Waals surface area contributed by atoms with E-state index in [1.165, 1.54) is 0 Å². The van der Waals surface area contributed by atoms with Gasteiger partial charge < -0.3 is 0 Å². The lowest BCUT2D eigenvalue weighted by atomic mass is 9.96. The highest BCUT2D eigenvalue weighted by atomic mass is 19.4. The fourth-order valence-corrected chi connectivity index (χ4v) is 2.08. The van der Waals surface area contributed by atoms with Gasteiger partial charge in [-0.1, -0.05) is 36.4 Å². The minimum Gasteiger partial charge on any atom is -0.206 e. The summed E-state index contributed by atoms with van der Waals surface area (Å²) in [7, 11) is 0. The van der Waals surface area contributed by atoms with Crippen molar-refractivity contribution in [3.05, 3.63) is 59.4 Å². The van der Waals surface area contributed by atoms with Crippen molar-refractivity contribution in [2.75, 3.05) is 0 Å². The molecule has 0 aliphatic rings. The molecule has 0 heterocycles. The van der Waals surface area contributed by atoms with Crippen LogP contribution < -0.4 is 0 Å². The van der Waals surface area contributed by atoms with Crippen LogP contribution in [0.2, 0.25) is 0 Å². The van der Waals surface area contributed by atoms with Crippen molar-refractivity contribution in [3.63, 3.8) is 0 Å². The minimum atomic E-state index is -5.84. The Bertz CT molecular complexity index is 724. The molecule has 0 fully saturated rings. The van der Waals surface area contributed by atoms with Gasteiger partial charge in [0.05, 0.1) is 5.56 Å². The van der Waals surface area contributed by atoms with E-state index in [1.807, 2.05) is 0 Å². The van der Waals surface area contributed by atoms with Crippen LogP contribution in [-0.4, -0.2) is 6.18 Å². The maximum atomic E-state index is 13.5. The van der Waals surface area contributed by atoms with Crippen LogP contribution in [-0.2, 0) is 12.1 Å². The number of benzene rings is 2. The highest BCUT2D eigenvalue weighted by molar-refractivity contribution is 5.68. The summed E-state index contributed by atoms with van der Waals surface area (Å²) >= 11 is 0. The average molecular weight is 358 g/mol. The van der Waals surface area contributed by atoms with E-state index in [1.54, 1.807) is 0 Å². The first-order chi connectivity index (χ1) is 10.9. The zero-order valence-corrected chi connectivity index (χ0v) is 11.4. The Morgan fingerprint density at radius 2 is 1.21 bits per heavy atom. The van der Waals surface area contributed by atoms with E-state index in [-0.39, 0.29) is 5.56 Å². The monoisotopic (exact) mass is 358 g/mol. The molecule has 0 aliphatic carbocycles.